The summed E-state index contributed by atoms with van der Waals surface area (Å²) < 4.78 is 14.6. The molecule has 1 nitrogen and oxygen atoms in total. The predicted molar refractivity (Wildman–Crippen MR) is 72.7 cm³/mol. The van der Waals surface area contributed by atoms with Gasteiger partial charge in [0.05, 0.1) is 0 Å². The third-order valence-electron chi connectivity index (χ3n) is 6.41. The molecule has 0 radical (unpaired) electrons. The van der Waals surface area contributed by atoms with Crippen LogP contribution in [0.3, 0.4) is 0 Å². The van der Waals surface area contributed by atoms with Crippen molar-refractivity contribution >= 4 is 0 Å². The van der Waals surface area contributed by atoms with Crippen LogP contribution >= 0.6 is 0 Å². The SMILES string of the molecule is Fc1ccc2c3c1C1(CC1)C1(CC1)C[C@H]3CCNC2. The first-order chi connectivity index (χ1) is 9.26. The minimum absolute atomic E-state index is 0.0918. The summed E-state index contributed by atoms with van der Waals surface area (Å²) >= 11 is 0. The normalized spacial score (nSPS) is 31.9. The van der Waals surface area contributed by atoms with Gasteiger partial charge in [0.2, 0.25) is 0 Å². The van der Waals surface area contributed by atoms with Crippen molar-refractivity contribution in [2.24, 2.45) is 5.41 Å². The smallest absolute Gasteiger partial charge is 0.127 e. The summed E-state index contributed by atoms with van der Waals surface area (Å²) in [5.74, 6) is 0.707. The summed E-state index contributed by atoms with van der Waals surface area (Å²) in [5, 5.41) is 3.52. The van der Waals surface area contributed by atoms with Crippen molar-refractivity contribution < 1.29 is 4.39 Å². The third kappa shape index (κ3) is 1.20. The monoisotopic (exact) mass is 257 g/mol. The Bertz CT molecular complexity index is 569. The van der Waals surface area contributed by atoms with Crippen LogP contribution in [-0.2, 0) is 12.0 Å². The van der Waals surface area contributed by atoms with Crippen LogP contribution in [0, 0.1) is 11.2 Å². The van der Waals surface area contributed by atoms with E-state index in [1.54, 1.807) is 6.07 Å². The molecule has 5 rings (SSSR count). The Labute approximate surface area is 113 Å². The zero-order chi connectivity index (χ0) is 12.7. The molecule has 19 heavy (non-hydrogen) atoms. The molecule has 0 amide bonds. The van der Waals surface area contributed by atoms with Gasteiger partial charge in [-0.15, -0.1) is 0 Å². The number of nitrogens with one attached hydrogen (secondary N) is 1. The van der Waals surface area contributed by atoms with Gasteiger partial charge in [-0.05, 0) is 79.2 Å². The van der Waals surface area contributed by atoms with E-state index in [2.05, 4.69) is 5.32 Å². The molecule has 2 spiro atoms. The molecular weight excluding hydrogens is 237 g/mol. The van der Waals surface area contributed by atoms with Crippen molar-refractivity contribution in [3.63, 3.8) is 0 Å². The molecule has 1 atom stereocenters. The highest BCUT2D eigenvalue weighted by molar-refractivity contribution is 5.52. The number of halogens is 1. The summed E-state index contributed by atoms with van der Waals surface area (Å²) in [4.78, 5) is 0. The van der Waals surface area contributed by atoms with Crippen LogP contribution in [0.15, 0.2) is 12.1 Å². The van der Waals surface area contributed by atoms with Gasteiger partial charge in [0.1, 0.15) is 5.82 Å². The quantitative estimate of drug-likeness (QED) is 0.748. The van der Waals surface area contributed by atoms with Gasteiger partial charge in [0.25, 0.3) is 0 Å². The van der Waals surface area contributed by atoms with Gasteiger partial charge in [-0.3, -0.25) is 0 Å². The van der Waals surface area contributed by atoms with Crippen molar-refractivity contribution in [2.45, 2.75) is 56.4 Å². The van der Waals surface area contributed by atoms with E-state index in [1.807, 2.05) is 6.07 Å². The number of hydrogen-bond donors (Lipinski definition) is 1. The number of hydrogen-bond acceptors (Lipinski definition) is 1. The molecule has 4 aliphatic rings. The number of fused-ring (bicyclic) bond motifs is 2. The zero-order valence-corrected chi connectivity index (χ0v) is 11.3. The lowest BCUT2D eigenvalue weighted by Crippen LogP contribution is -2.33. The van der Waals surface area contributed by atoms with Crippen LogP contribution in [-0.4, -0.2) is 6.54 Å². The second kappa shape index (κ2) is 3.22. The largest absolute Gasteiger partial charge is 0.313 e. The van der Waals surface area contributed by atoms with Crippen LogP contribution < -0.4 is 5.32 Å². The maximum Gasteiger partial charge on any atom is 0.127 e. The van der Waals surface area contributed by atoms with Crippen molar-refractivity contribution in [3.8, 4) is 0 Å². The van der Waals surface area contributed by atoms with Gasteiger partial charge in [-0.1, -0.05) is 6.07 Å². The fourth-order valence-corrected chi connectivity index (χ4v) is 5.26. The molecule has 2 saturated carbocycles. The van der Waals surface area contributed by atoms with Crippen molar-refractivity contribution in [2.75, 3.05) is 6.54 Å². The van der Waals surface area contributed by atoms with Gasteiger partial charge in [-0.25, -0.2) is 4.39 Å². The van der Waals surface area contributed by atoms with Crippen molar-refractivity contribution in [3.05, 3.63) is 34.6 Å². The van der Waals surface area contributed by atoms with E-state index in [9.17, 15) is 4.39 Å². The van der Waals surface area contributed by atoms with E-state index in [4.69, 9.17) is 0 Å². The van der Waals surface area contributed by atoms with Crippen LogP contribution in [0.4, 0.5) is 4.39 Å². The molecule has 1 aromatic carbocycles. The molecule has 1 aliphatic heterocycles. The Morgan fingerprint density at radius 2 is 2.00 bits per heavy atom. The van der Waals surface area contributed by atoms with Crippen LogP contribution in [0.2, 0.25) is 0 Å². The molecule has 100 valence electrons. The Balaban J connectivity index is 1.81. The summed E-state index contributed by atoms with van der Waals surface area (Å²) in [6.07, 6.45) is 7.69. The van der Waals surface area contributed by atoms with Crippen LogP contribution in [0.5, 0.6) is 0 Å². The second-order valence-electron chi connectivity index (χ2n) is 7.22. The maximum absolute atomic E-state index is 14.6. The highest BCUT2D eigenvalue weighted by Gasteiger charge is 2.69. The van der Waals surface area contributed by atoms with Gasteiger partial charge in [0.15, 0.2) is 0 Å². The zero-order valence-electron chi connectivity index (χ0n) is 11.3. The minimum Gasteiger partial charge on any atom is -0.313 e. The first-order valence-electron chi connectivity index (χ1n) is 7.78. The molecule has 2 heteroatoms. The molecule has 0 saturated heterocycles. The Hall–Kier alpha value is -0.890. The van der Waals surface area contributed by atoms with E-state index in [0.29, 0.717) is 11.3 Å². The standard InChI is InChI=1S/C17H20FN/c18-13-2-1-12-10-19-8-3-11-9-16(4-5-16)17(6-7-17)15(13)14(11)12/h1-2,11,19H,3-10H2/t11-/m1/s1. The van der Waals surface area contributed by atoms with Crippen LogP contribution in [0.1, 0.15) is 61.1 Å². The summed E-state index contributed by atoms with van der Waals surface area (Å²) in [5.41, 5.74) is 4.70. The highest BCUT2D eigenvalue weighted by atomic mass is 19.1. The van der Waals surface area contributed by atoms with E-state index in [1.165, 1.54) is 49.7 Å². The number of rotatable bonds is 0. The lowest BCUT2D eigenvalue weighted by Gasteiger charge is -2.40. The first kappa shape index (κ1) is 10.8. The maximum atomic E-state index is 14.6. The number of benzene rings is 1. The Kier molecular flexibility index (Phi) is 1.84. The molecule has 1 heterocycles. The molecule has 0 bridgehead atoms. The predicted octanol–water partition coefficient (Wildman–Crippen LogP) is 3.62. The molecule has 2 fully saturated rings. The van der Waals surface area contributed by atoms with E-state index in [-0.39, 0.29) is 11.2 Å². The molecular formula is C17H20FN. The lowest BCUT2D eigenvalue weighted by atomic mass is 9.64. The molecule has 0 aromatic heterocycles. The molecule has 0 unspecified atom stereocenters. The fraction of sp³-hybridized carbons (Fsp3) is 0.647. The first-order valence-corrected chi connectivity index (χ1v) is 7.78. The van der Waals surface area contributed by atoms with Crippen molar-refractivity contribution in [1.82, 2.24) is 5.32 Å². The molecule has 3 aliphatic carbocycles. The van der Waals surface area contributed by atoms with Gasteiger partial charge >= 0.3 is 0 Å². The Morgan fingerprint density at radius 3 is 2.74 bits per heavy atom. The van der Waals surface area contributed by atoms with Crippen molar-refractivity contribution in [1.29, 1.82) is 0 Å². The van der Waals surface area contributed by atoms with Gasteiger partial charge in [0, 0.05) is 12.0 Å². The van der Waals surface area contributed by atoms with E-state index >= 15 is 0 Å². The summed E-state index contributed by atoms with van der Waals surface area (Å²) in [6, 6.07) is 3.76. The minimum atomic E-state index is 0.0918. The fourth-order valence-electron chi connectivity index (χ4n) is 5.26. The van der Waals surface area contributed by atoms with Gasteiger partial charge in [-0.2, -0.15) is 0 Å². The average Bonchev–Trinajstić information content (AvgIpc) is 3.25. The van der Waals surface area contributed by atoms with Gasteiger partial charge < -0.3 is 5.32 Å². The Morgan fingerprint density at radius 1 is 1.16 bits per heavy atom. The van der Waals surface area contributed by atoms with E-state index < -0.39 is 0 Å². The average molecular weight is 257 g/mol. The summed E-state index contributed by atoms with van der Waals surface area (Å²) in [7, 11) is 0. The van der Waals surface area contributed by atoms with E-state index in [0.717, 1.165) is 18.7 Å². The second-order valence-corrected chi connectivity index (χ2v) is 7.22. The third-order valence-corrected chi connectivity index (χ3v) is 6.41. The summed E-state index contributed by atoms with van der Waals surface area (Å²) in [6.45, 7) is 2.02. The lowest BCUT2D eigenvalue weighted by molar-refractivity contribution is 0.278. The molecule has 1 aromatic rings. The molecule has 1 N–H and O–H groups in total. The highest BCUT2D eigenvalue weighted by Crippen LogP contribution is 2.77. The van der Waals surface area contributed by atoms with Crippen LogP contribution in [0.25, 0.3) is 0 Å². The topological polar surface area (TPSA) is 12.0 Å².